The number of hydrogen-bond acceptors (Lipinski definition) is 5. The predicted octanol–water partition coefficient (Wildman–Crippen LogP) is 2.35. The predicted molar refractivity (Wildman–Crippen MR) is 75.8 cm³/mol. The molecule has 0 aliphatic heterocycles. The van der Waals surface area contributed by atoms with Gasteiger partial charge in [0.05, 0.1) is 30.5 Å². The highest BCUT2D eigenvalue weighted by atomic mass is 35.5. The fraction of sp³-hybridized carbons (Fsp3) is 0.615. The van der Waals surface area contributed by atoms with Gasteiger partial charge in [-0.05, 0) is 18.6 Å². The molecule has 108 valence electrons. The monoisotopic (exact) mass is 288 g/mol. The first-order valence-corrected chi connectivity index (χ1v) is 6.63. The van der Waals surface area contributed by atoms with Crippen molar-refractivity contribution < 1.29 is 14.2 Å². The first-order valence-electron chi connectivity index (χ1n) is 6.25. The molecule has 0 amide bonds. The Labute approximate surface area is 119 Å². The van der Waals surface area contributed by atoms with Gasteiger partial charge in [0, 0.05) is 27.4 Å². The zero-order valence-corrected chi connectivity index (χ0v) is 12.2. The van der Waals surface area contributed by atoms with Gasteiger partial charge in [-0.2, -0.15) is 0 Å². The Morgan fingerprint density at radius 2 is 1.95 bits per heavy atom. The summed E-state index contributed by atoms with van der Waals surface area (Å²) >= 11 is 6.04. The Kier molecular flexibility index (Phi) is 8.49. The van der Waals surface area contributed by atoms with Gasteiger partial charge in [-0.15, -0.1) is 0 Å². The second kappa shape index (κ2) is 9.97. The summed E-state index contributed by atoms with van der Waals surface area (Å²) in [5.41, 5.74) is 0.730. The van der Waals surface area contributed by atoms with Crippen LogP contribution in [0.1, 0.15) is 12.1 Å². The number of methoxy groups -OCH3 is 1. The highest BCUT2D eigenvalue weighted by molar-refractivity contribution is 6.31. The standard InChI is InChI=1S/C13H21ClN2O3/c1-15-13-5-4-11(14)12(16-13)10-19-9-8-18-7-3-6-17-2/h4-5H,3,6-10H2,1-2H3,(H,15,16). The Morgan fingerprint density at radius 1 is 1.16 bits per heavy atom. The van der Waals surface area contributed by atoms with E-state index in [1.165, 1.54) is 0 Å². The number of pyridine rings is 1. The Hall–Kier alpha value is -0.880. The minimum absolute atomic E-state index is 0.385. The van der Waals surface area contributed by atoms with E-state index < -0.39 is 0 Å². The minimum Gasteiger partial charge on any atom is -0.385 e. The first-order chi connectivity index (χ1) is 9.27. The summed E-state index contributed by atoms with van der Waals surface area (Å²) in [5.74, 6) is 0.777. The second-order valence-corrected chi connectivity index (χ2v) is 4.29. The molecular formula is C13H21ClN2O3. The molecule has 5 nitrogen and oxygen atoms in total. The van der Waals surface area contributed by atoms with Crippen LogP contribution in [0.3, 0.4) is 0 Å². The summed E-state index contributed by atoms with van der Waals surface area (Å²) in [5, 5.41) is 3.57. The van der Waals surface area contributed by atoms with Crippen LogP contribution in [-0.4, -0.2) is 45.6 Å². The van der Waals surface area contributed by atoms with Gasteiger partial charge >= 0.3 is 0 Å². The number of hydrogen-bond donors (Lipinski definition) is 1. The highest BCUT2D eigenvalue weighted by Crippen LogP contribution is 2.17. The molecule has 0 aliphatic carbocycles. The van der Waals surface area contributed by atoms with Crippen molar-refractivity contribution in [1.29, 1.82) is 0 Å². The summed E-state index contributed by atoms with van der Waals surface area (Å²) in [6, 6.07) is 3.63. The highest BCUT2D eigenvalue weighted by Gasteiger charge is 2.03. The third-order valence-corrected chi connectivity index (χ3v) is 2.77. The number of ether oxygens (including phenoxy) is 3. The molecule has 6 heteroatoms. The van der Waals surface area contributed by atoms with Gasteiger partial charge in [-0.1, -0.05) is 11.6 Å². The van der Waals surface area contributed by atoms with E-state index in [0.29, 0.717) is 31.5 Å². The molecule has 1 heterocycles. The van der Waals surface area contributed by atoms with E-state index in [2.05, 4.69) is 10.3 Å². The smallest absolute Gasteiger partial charge is 0.126 e. The van der Waals surface area contributed by atoms with Crippen LogP contribution in [0.15, 0.2) is 12.1 Å². The molecule has 0 spiro atoms. The molecular weight excluding hydrogens is 268 g/mol. The maximum atomic E-state index is 6.04. The van der Waals surface area contributed by atoms with Crippen molar-refractivity contribution in [2.75, 3.05) is 45.9 Å². The Bertz CT molecular complexity index is 364. The number of aromatic nitrogens is 1. The van der Waals surface area contributed by atoms with E-state index in [9.17, 15) is 0 Å². The lowest BCUT2D eigenvalue weighted by atomic mass is 10.3. The lowest BCUT2D eigenvalue weighted by Crippen LogP contribution is -2.07. The third-order valence-electron chi connectivity index (χ3n) is 2.42. The molecule has 0 unspecified atom stereocenters. The molecule has 1 rings (SSSR count). The van der Waals surface area contributed by atoms with Gasteiger partial charge in [0.2, 0.25) is 0 Å². The van der Waals surface area contributed by atoms with Crippen LogP contribution in [0.4, 0.5) is 5.82 Å². The normalized spacial score (nSPS) is 10.7. The SMILES string of the molecule is CNc1ccc(Cl)c(COCCOCCCOC)n1. The van der Waals surface area contributed by atoms with Crippen molar-refractivity contribution in [3.8, 4) is 0 Å². The quantitative estimate of drug-likeness (QED) is 0.670. The summed E-state index contributed by atoms with van der Waals surface area (Å²) in [4.78, 5) is 4.32. The van der Waals surface area contributed by atoms with Gasteiger partial charge < -0.3 is 19.5 Å². The van der Waals surface area contributed by atoms with Crippen LogP contribution in [0.5, 0.6) is 0 Å². The molecule has 0 atom stereocenters. The van der Waals surface area contributed by atoms with Crippen molar-refractivity contribution in [3.05, 3.63) is 22.8 Å². The number of rotatable bonds is 10. The Morgan fingerprint density at radius 3 is 2.68 bits per heavy atom. The van der Waals surface area contributed by atoms with E-state index >= 15 is 0 Å². The molecule has 0 aromatic carbocycles. The number of anilines is 1. The van der Waals surface area contributed by atoms with Gasteiger partial charge in [0.25, 0.3) is 0 Å². The fourth-order valence-electron chi connectivity index (χ4n) is 1.42. The van der Waals surface area contributed by atoms with Crippen LogP contribution >= 0.6 is 11.6 Å². The van der Waals surface area contributed by atoms with Crippen LogP contribution in [0, 0.1) is 0 Å². The largest absolute Gasteiger partial charge is 0.385 e. The molecule has 1 aromatic heterocycles. The number of halogens is 1. The van der Waals surface area contributed by atoms with E-state index in [0.717, 1.165) is 24.5 Å². The molecule has 19 heavy (non-hydrogen) atoms. The second-order valence-electron chi connectivity index (χ2n) is 3.89. The van der Waals surface area contributed by atoms with Crippen molar-refractivity contribution in [2.45, 2.75) is 13.0 Å². The van der Waals surface area contributed by atoms with E-state index in [-0.39, 0.29) is 0 Å². The van der Waals surface area contributed by atoms with Crippen LogP contribution < -0.4 is 5.32 Å². The molecule has 0 aliphatic rings. The van der Waals surface area contributed by atoms with Crippen molar-refractivity contribution in [1.82, 2.24) is 4.98 Å². The number of nitrogens with one attached hydrogen (secondary N) is 1. The Balaban J connectivity index is 2.15. The van der Waals surface area contributed by atoms with Crippen LogP contribution in [0.25, 0.3) is 0 Å². The lowest BCUT2D eigenvalue weighted by Gasteiger charge is -2.08. The minimum atomic E-state index is 0.385. The van der Waals surface area contributed by atoms with Crippen molar-refractivity contribution in [3.63, 3.8) is 0 Å². The lowest BCUT2D eigenvalue weighted by molar-refractivity contribution is 0.0328. The van der Waals surface area contributed by atoms with Gasteiger partial charge in [0.1, 0.15) is 5.82 Å². The van der Waals surface area contributed by atoms with Crippen molar-refractivity contribution >= 4 is 17.4 Å². The molecule has 1 N–H and O–H groups in total. The van der Waals surface area contributed by atoms with Crippen LogP contribution in [0.2, 0.25) is 5.02 Å². The molecule has 1 aromatic rings. The molecule has 0 saturated heterocycles. The topological polar surface area (TPSA) is 52.6 Å². The summed E-state index contributed by atoms with van der Waals surface area (Å²) in [6.45, 7) is 2.88. The zero-order chi connectivity index (χ0) is 13.9. The maximum absolute atomic E-state index is 6.04. The average Bonchev–Trinajstić information content (AvgIpc) is 2.43. The van der Waals surface area contributed by atoms with E-state index in [1.54, 1.807) is 13.2 Å². The van der Waals surface area contributed by atoms with Crippen LogP contribution in [-0.2, 0) is 20.8 Å². The molecule has 0 bridgehead atoms. The zero-order valence-electron chi connectivity index (χ0n) is 11.4. The van der Waals surface area contributed by atoms with Gasteiger partial charge in [-0.3, -0.25) is 0 Å². The summed E-state index contributed by atoms with van der Waals surface area (Å²) in [7, 11) is 3.49. The molecule has 0 saturated carbocycles. The molecule has 0 fully saturated rings. The summed E-state index contributed by atoms with van der Waals surface area (Å²) in [6.07, 6.45) is 0.897. The average molecular weight is 289 g/mol. The third kappa shape index (κ3) is 6.73. The van der Waals surface area contributed by atoms with E-state index in [1.807, 2.05) is 13.1 Å². The molecule has 0 radical (unpaired) electrons. The fourth-order valence-corrected chi connectivity index (χ4v) is 1.58. The summed E-state index contributed by atoms with van der Waals surface area (Å²) < 4.78 is 15.8. The first kappa shape index (κ1) is 16.2. The van der Waals surface area contributed by atoms with E-state index in [4.69, 9.17) is 25.8 Å². The van der Waals surface area contributed by atoms with Gasteiger partial charge in [0.15, 0.2) is 0 Å². The van der Waals surface area contributed by atoms with Gasteiger partial charge in [-0.25, -0.2) is 4.98 Å². The van der Waals surface area contributed by atoms with Crippen molar-refractivity contribution in [2.24, 2.45) is 0 Å². The number of nitrogens with zero attached hydrogens (tertiary/aromatic N) is 1. The maximum Gasteiger partial charge on any atom is 0.126 e.